The van der Waals surface area contributed by atoms with Gasteiger partial charge in [-0.3, -0.25) is 0 Å². The van der Waals surface area contributed by atoms with E-state index < -0.39 is 6.10 Å². The van der Waals surface area contributed by atoms with Gasteiger partial charge in [0.1, 0.15) is 18.1 Å². The summed E-state index contributed by atoms with van der Waals surface area (Å²) >= 11 is 0. The lowest BCUT2D eigenvalue weighted by Crippen LogP contribution is -2.06. The maximum Gasteiger partial charge on any atom is 0.123 e. The molecule has 0 radical (unpaired) electrons. The van der Waals surface area contributed by atoms with Gasteiger partial charge in [-0.25, -0.2) is 0 Å². The second-order valence-corrected chi connectivity index (χ2v) is 7.53. The Morgan fingerprint density at radius 2 is 1.72 bits per heavy atom. The Hall–Kier alpha value is -2.26. The molecular weight excluding hydrogens is 360 g/mol. The van der Waals surface area contributed by atoms with Crippen molar-refractivity contribution in [3.8, 4) is 11.5 Å². The summed E-state index contributed by atoms with van der Waals surface area (Å²) in [7, 11) is 1.66. The summed E-state index contributed by atoms with van der Waals surface area (Å²) in [5.74, 6) is 1.65. The number of ether oxygens (including phenoxy) is 2. The highest BCUT2D eigenvalue weighted by molar-refractivity contribution is 5.43. The fourth-order valence-corrected chi connectivity index (χ4v) is 3.55. The number of aliphatic hydroxyl groups excluding tert-OH is 1. The lowest BCUT2D eigenvalue weighted by atomic mass is 9.95. The lowest BCUT2D eigenvalue weighted by molar-refractivity contribution is 0.161. The van der Waals surface area contributed by atoms with Crippen molar-refractivity contribution >= 4 is 0 Å². The molecule has 1 atom stereocenters. The highest BCUT2D eigenvalue weighted by Crippen LogP contribution is 2.31. The van der Waals surface area contributed by atoms with E-state index in [0.29, 0.717) is 13.0 Å². The molecule has 0 aliphatic heterocycles. The molecule has 1 N–H and O–H groups in total. The predicted molar refractivity (Wildman–Crippen MR) is 121 cm³/mol. The fraction of sp³-hybridized carbons (Fsp3) is 0.462. The van der Waals surface area contributed by atoms with Crippen LogP contribution in [0.1, 0.15) is 74.7 Å². The van der Waals surface area contributed by atoms with Crippen LogP contribution >= 0.6 is 0 Å². The molecule has 2 aromatic rings. The molecule has 2 rings (SSSR count). The molecular formula is C26H36O3. The second kappa shape index (κ2) is 13.1. The average molecular weight is 397 g/mol. The van der Waals surface area contributed by atoms with Crippen molar-refractivity contribution < 1.29 is 14.6 Å². The molecule has 1 unspecified atom stereocenters. The number of rotatable bonds is 14. The first-order valence-corrected chi connectivity index (χ1v) is 10.9. The molecule has 0 spiro atoms. The van der Waals surface area contributed by atoms with E-state index in [9.17, 15) is 5.11 Å². The average Bonchev–Trinajstić information content (AvgIpc) is 2.75. The van der Waals surface area contributed by atoms with Gasteiger partial charge in [0.05, 0.1) is 13.2 Å². The van der Waals surface area contributed by atoms with E-state index >= 15 is 0 Å². The molecule has 0 aliphatic carbocycles. The summed E-state index contributed by atoms with van der Waals surface area (Å²) in [6.45, 7) is 6.60. The standard InChI is InChI=1S/C26H36O3/c1-4-6-7-8-9-10-14-25(27)23-13-11-15-26(24(23)12-5-2)29-20-21-16-18-22(28-3)19-17-21/h5,11,13,15-19,25,27H,2,4,6-10,12,14,20H2,1,3H3. The van der Waals surface area contributed by atoms with Gasteiger partial charge in [0.25, 0.3) is 0 Å². The van der Waals surface area contributed by atoms with Crippen LogP contribution in [0, 0.1) is 0 Å². The number of hydrogen-bond donors (Lipinski definition) is 1. The van der Waals surface area contributed by atoms with Crippen LogP contribution in [0.4, 0.5) is 0 Å². The molecule has 0 amide bonds. The quantitative estimate of drug-likeness (QED) is 0.282. The van der Waals surface area contributed by atoms with Crippen molar-refractivity contribution in [2.45, 2.75) is 71.0 Å². The van der Waals surface area contributed by atoms with Crippen LogP contribution < -0.4 is 9.47 Å². The summed E-state index contributed by atoms with van der Waals surface area (Å²) in [5.41, 5.74) is 3.08. The molecule has 29 heavy (non-hydrogen) atoms. The van der Waals surface area contributed by atoms with E-state index in [-0.39, 0.29) is 0 Å². The summed E-state index contributed by atoms with van der Waals surface area (Å²) in [4.78, 5) is 0. The molecule has 0 saturated carbocycles. The number of benzene rings is 2. The van der Waals surface area contributed by atoms with Crippen molar-refractivity contribution in [1.82, 2.24) is 0 Å². The normalized spacial score (nSPS) is 11.8. The van der Waals surface area contributed by atoms with Gasteiger partial charge >= 0.3 is 0 Å². The molecule has 0 aliphatic rings. The topological polar surface area (TPSA) is 38.7 Å². The van der Waals surface area contributed by atoms with E-state index in [4.69, 9.17) is 9.47 Å². The van der Waals surface area contributed by atoms with Crippen LogP contribution in [-0.2, 0) is 13.0 Å². The zero-order valence-electron chi connectivity index (χ0n) is 18.0. The predicted octanol–water partition coefficient (Wildman–Crippen LogP) is 6.79. The monoisotopic (exact) mass is 396 g/mol. The first-order chi connectivity index (χ1) is 14.2. The van der Waals surface area contributed by atoms with Gasteiger partial charge in [-0.1, -0.05) is 75.8 Å². The van der Waals surface area contributed by atoms with Gasteiger partial charge < -0.3 is 14.6 Å². The van der Waals surface area contributed by atoms with E-state index in [2.05, 4.69) is 13.5 Å². The number of hydrogen-bond acceptors (Lipinski definition) is 3. The maximum atomic E-state index is 10.8. The van der Waals surface area contributed by atoms with Gasteiger partial charge in [0.15, 0.2) is 0 Å². The Bertz CT molecular complexity index is 721. The third-order valence-corrected chi connectivity index (χ3v) is 5.26. The maximum absolute atomic E-state index is 10.8. The van der Waals surface area contributed by atoms with Crippen molar-refractivity contribution in [2.24, 2.45) is 0 Å². The van der Waals surface area contributed by atoms with Gasteiger partial charge in [-0.15, -0.1) is 6.58 Å². The van der Waals surface area contributed by atoms with Crippen molar-refractivity contribution in [1.29, 1.82) is 0 Å². The summed E-state index contributed by atoms with van der Waals surface area (Å²) in [6.07, 6.45) is 10.2. The summed E-state index contributed by atoms with van der Waals surface area (Å²) < 4.78 is 11.3. The minimum Gasteiger partial charge on any atom is -0.497 e. The zero-order valence-corrected chi connectivity index (χ0v) is 18.0. The van der Waals surface area contributed by atoms with Crippen LogP contribution in [0.2, 0.25) is 0 Å². The van der Waals surface area contributed by atoms with Crippen molar-refractivity contribution in [3.63, 3.8) is 0 Å². The largest absolute Gasteiger partial charge is 0.497 e. The fourth-order valence-electron chi connectivity index (χ4n) is 3.55. The zero-order chi connectivity index (χ0) is 20.9. The number of allylic oxidation sites excluding steroid dienone is 1. The minimum absolute atomic E-state index is 0.458. The molecule has 3 heteroatoms. The van der Waals surface area contributed by atoms with Gasteiger partial charge in [-0.2, -0.15) is 0 Å². The van der Waals surface area contributed by atoms with Crippen molar-refractivity contribution in [2.75, 3.05) is 7.11 Å². The van der Waals surface area contributed by atoms with Crippen LogP contribution in [0.5, 0.6) is 11.5 Å². The number of aliphatic hydroxyl groups is 1. The number of methoxy groups -OCH3 is 1. The molecule has 0 saturated heterocycles. The SMILES string of the molecule is C=CCc1c(OCc2ccc(OC)cc2)cccc1C(O)CCCCCCCC. The van der Waals surface area contributed by atoms with E-state index in [1.54, 1.807) is 7.11 Å². The number of unbranched alkanes of at least 4 members (excludes halogenated alkanes) is 5. The molecule has 0 fully saturated rings. The molecule has 0 heterocycles. The molecule has 3 nitrogen and oxygen atoms in total. The highest BCUT2D eigenvalue weighted by Gasteiger charge is 2.15. The Kier molecular flexibility index (Phi) is 10.4. The lowest BCUT2D eigenvalue weighted by Gasteiger charge is -2.19. The van der Waals surface area contributed by atoms with Crippen molar-refractivity contribution in [3.05, 3.63) is 71.8 Å². The second-order valence-electron chi connectivity index (χ2n) is 7.53. The molecule has 0 bridgehead atoms. The smallest absolute Gasteiger partial charge is 0.123 e. The van der Waals surface area contributed by atoms with E-state index in [1.807, 2.05) is 48.5 Å². The van der Waals surface area contributed by atoms with Crippen LogP contribution in [0.3, 0.4) is 0 Å². The van der Waals surface area contributed by atoms with E-state index in [1.165, 1.54) is 32.1 Å². The minimum atomic E-state index is -0.458. The highest BCUT2D eigenvalue weighted by atomic mass is 16.5. The Morgan fingerprint density at radius 3 is 2.41 bits per heavy atom. The Morgan fingerprint density at radius 1 is 1.00 bits per heavy atom. The molecule has 2 aromatic carbocycles. The van der Waals surface area contributed by atoms with Gasteiger partial charge in [0.2, 0.25) is 0 Å². The third-order valence-electron chi connectivity index (χ3n) is 5.26. The summed E-state index contributed by atoms with van der Waals surface area (Å²) in [5, 5.41) is 10.8. The van der Waals surface area contributed by atoms with Gasteiger partial charge in [-0.05, 0) is 42.2 Å². The summed E-state index contributed by atoms with van der Waals surface area (Å²) in [6, 6.07) is 13.8. The first kappa shape index (κ1) is 23.0. The first-order valence-electron chi connectivity index (χ1n) is 10.9. The Labute approximate surface area is 176 Å². The van der Waals surface area contributed by atoms with E-state index in [0.717, 1.165) is 41.0 Å². The van der Waals surface area contributed by atoms with Crippen LogP contribution in [0.15, 0.2) is 55.1 Å². The third kappa shape index (κ3) is 7.58. The van der Waals surface area contributed by atoms with Crippen LogP contribution in [-0.4, -0.2) is 12.2 Å². The molecule has 0 aromatic heterocycles. The molecule has 158 valence electrons. The van der Waals surface area contributed by atoms with Crippen LogP contribution in [0.25, 0.3) is 0 Å². The van der Waals surface area contributed by atoms with Gasteiger partial charge in [0, 0.05) is 5.56 Å². The Balaban J connectivity index is 2.00.